The van der Waals surface area contributed by atoms with E-state index in [4.69, 9.17) is 9.47 Å². The molecule has 4 rings (SSSR count). The molecular formula is C21H31N3O4. The Morgan fingerprint density at radius 3 is 2.57 bits per heavy atom. The van der Waals surface area contributed by atoms with E-state index in [0.717, 1.165) is 32.5 Å². The number of rotatable bonds is 6. The standard InChI is InChI=1S/C21H31N3O4/c25-20-15-27-14-19(20)23-6-8-24(9-7-23)21(26)22-12-17-10-18(11-17)28-13-16-4-2-1-3-5-16/h1-5,17-20,25H,6-15H2,(H,22,26)/t17?,18?,19-,20-/m1/s1. The summed E-state index contributed by atoms with van der Waals surface area (Å²) in [6, 6.07) is 10.3. The lowest BCUT2D eigenvalue weighted by Crippen LogP contribution is -2.56. The van der Waals surface area contributed by atoms with Crippen LogP contribution in [-0.2, 0) is 16.1 Å². The molecule has 2 saturated heterocycles. The van der Waals surface area contributed by atoms with Gasteiger partial charge in [0.15, 0.2) is 0 Å². The van der Waals surface area contributed by atoms with Crippen molar-refractivity contribution in [1.29, 1.82) is 0 Å². The van der Waals surface area contributed by atoms with Gasteiger partial charge < -0.3 is 24.8 Å². The smallest absolute Gasteiger partial charge is 0.317 e. The van der Waals surface area contributed by atoms with Crippen molar-refractivity contribution in [2.24, 2.45) is 5.92 Å². The van der Waals surface area contributed by atoms with Gasteiger partial charge in [-0.1, -0.05) is 30.3 Å². The highest BCUT2D eigenvalue weighted by Gasteiger charge is 2.35. The first kappa shape index (κ1) is 19.6. The summed E-state index contributed by atoms with van der Waals surface area (Å²) < 4.78 is 11.3. The van der Waals surface area contributed by atoms with Crippen LogP contribution >= 0.6 is 0 Å². The Bertz CT molecular complexity index is 630. The molecule has 1 aliphatic carbocycles. The lowest BCUT2D eigenvalue weighted by molar-refractivity contribution is -0.0392. The van der Waals surface area contributed by atoms with E-state index in [1.165, 1.54) is 5.56 Å². The molecule has 3 fully saturated rings. The van der Waals surface area contributed by atoms with Crippen LogP contribution in [0.3, 0.4) is 0 Å². The van der Waals surface area contributed by atoms with Crippen molar-refractivity contribution in [2.75, 3.05) is 45.9 Å². The summed E-state index contributed by atoms with van der Waals surface area (Å²) in [5, 5.41) is 13.0. The number of carbonyl (C=O) groups excluding carboxylic acids is 1. The van der Waals surface area contributed by atoms with Gasteiger partial charge >= 0.3 is 6.03 Å². The van der Waals surface area contributed by atoms with Gasteiger partial charge in [0.05, 0.1) is 38.1 Å². The maximum atomic E-state index is 12.4. The molecule has 7 heteroatoms. The van der Waals surface area contributed by atoms with Gasteiger partial charge in [-0.15, -0.1) is 0 Å². The molecule has 154 valence electrons. The van der Waals surface area contributed by atoms with Crippen LogP contribution in [0, 0.1) is 5.92 Å². The largest absolute Gasteiger partial charge is 0.389 e. The van der Waals surface area contributed by atoms with Gasteiger partial charge in [0.2, 0.25) is 0 Å². The van der Waals surface area contributed by atoms with E-state index in [0.29, 0.717) is 44.9 Å². The fourth-order valence-electron chi connectivity index (χ4n) is 4.25. The van der Waals surface area contributed by atoms with Crippen LogP contribution in [0.15, 0.2) is 30.3 Å². The van der Waals surface area contributed by atoms with Crippen LogP contribution in [0.25, 0.3) is 0 Å². The molecule has 0 aromatic heterocycles. The van der Waals surface area contributed by atoms with Crippen LogP contribution in [0.4, 0.5) is 4.79 Å². The van der Waals surface area contributed by atoms with Crippen molar-refractivity contribution in [1.82, 2.24) is 15.1 Å². The SMILES string of the molecule is O=C(NCC1CC(OCc2ccccc2)C1)N1CCN([C@@H]2COC[C@H]2O)CC1. The van der Waals surface area contributed by atoms with Gasteiger partial charge in [0, 0.05) is 32.7 Å². The average molecular weight is 389 g/mol. The first-order chi connectivity index (χ1) is 13.7. The Kier molecular flexibility index (Phi) is 6.47. The number of nitrogens with one attached hydrogen (secondary N) is 1. The molecule has 1 saturated carbocycles. The van der Waals surface area contributed by atoms with Gasteiger partial charge in [-0.2, -0.15) is 0 Å². The highest BCUT2D eigenvalue weighted by atomic mass is 16.5. The number of amides is 2. The minimum atomic E-state index is -0.406. The van der Waals surface area contributed by atoms with E-state index in [1.807, 2.05) is 23.1 Å². The number of nitrogens with zero attached hydrogens (tertiary/aromatic N) is 2. The third kappa shape index (κ3) is 4.84. The number of piperazine rings is 1. The number of benzene rings is 1. The topological polar surface area (TPSA) is 74.3 Å². The van der Waals surface area contributed by atoms with Gasteiger partial charge in [-0.3, -0.25) is 4.90 Å². The van der Waals surface area contributed by atoms with Gasteiger partial charge in [-0.25, -0.2) is 4.79 Å². The Morgan fingerprint density at radius 1 is 1.14 bits per heavy atom. The minimum absolute atomic E-state index is 0.0246. The number of aliphatic hydroxyl groups excluding tert-OH is 1. The van der Waals surface area contributed by atoms with Crippen LogP contribution in [0.5, 0.6) is 0 Å². The van der Waals surface area contributed by atoms with Crippen molar-refractivity contribution in [3.05, 3.63) is 35.9 Å². The molecule has 0 bridgehead atoms. The molecule has 0 spiro atoms. The van der Waals surface area contributed by atoms with E-state index >= 15 is 0 Å². The molecule has 2 aliphatic heterocycles. The second kappa shape index (κ2) is 9.22. The summed E-state index contributed by atoms with van der Waals surface area (Å²) in [6.45, 7) is 5.36. The highest BCUT2D eigenvalue weighted by molar-refractivity contribution is 5.74. The molecule has 0 unspecified atom stereocenters. The number of urea groups is 1. The summed E-state index contributed by atoms with van der Waals surface area (Å²) in [7, 11) is 0. The number of carbonyl (C=O) groups is 1. The number of aliphatic hydroxyl groups is 1. The minimum Gasteiger partial charge on any atom is -0.389 e. The number of ether oxygens (including phenoxy) is 2. The third-order valence-electron chi connectivity index (χ3n) is 6.15. The molecule has 28 heavy (non-hydrogen) atoms. The second-order valence-corrected chi connectivity index (χ2v) is 8.14. The zero-order valence-electron chi connectivity index (χ0n) is 16.3. The zero-order chi connectivity index (χ0) is 19.3. The molecule has 7 nitrogen and oxygen atoms in total. The van der Waals surface area contributed by atoms with Gasteiger partial charge in [0.25, 0.3) is 0 Å². The maximum absolute atomic E-state index is 12.4. The fraction of sp³-hybridized carbons (Fsp3) is 0.667. The van der Waals surface area contributed by atoms with Crippen molar-refractivity contribution in [3.8, 4) is 0 Å². The monoisotopic (exact) mass is 389 g/mol. The van der Waals surface area contributed by atoms with Crippen LogP contribution in [0.1, 0.15) is 18.4 Å². The normalized spacial score (nSPS) is 30.8. The maximum Gasteiger partial charge on any atom is 0.317 e. The second-order valence-electron chi connectivity index (χ2n) is 8.14. The van der Waals surface area contributed by atoms with Gasteiger partial charge in [0.1, 0.15) is 0 Å². The van der Waals surface area contributed by atoms with Crippen LogP contribution in [0.2, 0.25) is 0 Å². The Morgan fingerprint density at radius 2 is 1.89 bits per heavy atom. The number of hydrogen-bond acceptors (Lipinski definition) is 5. The average Bonchev–Trinajstić information content (AvgIpc) is 3.13. The molecule has 2 atom stereocenters. The molecule has 0 radical (unpaired) electrons. The molecular weight excluding hydrogens is 358 g/mol. The van der Waals surface area contributed by atoms with Crippen molar-refractivity contribution in [3.63, 3.8) is 0 Å². The summed E-state index contributed by atoms with van der Waals surface area (Å²) in [4.78, 5) is 16.5. The predicted molar refractivity (Wildman–Crippen MR) is 105 cm³/mol. The molecule has 1 aromatic rings. The summed E-state index contributed by atoms with van der Waals surface area (Å²) >= 11 is 0. The lowest BCUT2D eigenvalue weighted by Gasteiger charge is -2.39. The molecule has 2 N–H and O–H groups in total. The quantitative estimate of drug-likeness (QED) is 0.761. The zero-order valence-corrected chi connectivity index (χ0v) is 16.3. The highest BCUT2D eigenvalue weighted by Crippen LogP contribution is 2.30. The van der Waals surface area contributed by atoms with E-state index in [9.17, 15) is 9.90 Å². The first-order valence-corrected chi connectivity index (χ1v) is 10.4. The number of hydrogen-bond donors (Lipinski definition) is 2. The Labute approximate surface area is 166 Å². The lowest BCUT2D eigenvalue weighted by atomic mass is 9.82. The molecule has 2 heterocycles. The third-order valence-corrected chi connectivity index (χ3v) is 6.15. The fourth-order valence-corrected chi connectivity index (χ4v) is 4.25. The first-order valence-electron chi connectivity index (χ1n) is 10.4. The van der Waals surface area contributed by atoms with Crippen molar-refractivity contribution >= 4 is 6.03 Å². The molecule has 2 amide bonds. The summed E-state index contributed by atoms with van der Waals surface area (Å²) in [5.41, 5.74) is 1.20. The Balaban J connectivity index is 1.09. The van der Waals surface area contributed by atoms with E-state index in [2.05, 4.69) is 22.3 Å². The van der Waals surface area contributed by atoms with E-state index in [1.54, 1.807) is 0 Å². The van der Waals surface area contributed by atoms with Crippen molar-refractivity contribution in [2.45, 2.75) is 37.7 Å². The van der Waals surface area contributed by atoms with E-state index in [-0.39, 0.29) is 12.1 Å². The summed E-state index contributed by atoms with van der Waals surface area (Å²) in [5.74, 6) is 0.511. The van der Waals surface area contributed by atoms with E-state index < -0.39 is 6.10 Å². The predicted octanol–water partition coefficient (Wildman–Crippen LogP) is 1.07. The Hall–Kier alpha value is -1.67. The van der Waals surface area contributed by atoms with Crippen LogP contribution < -0.4 is 5.32 Å². The van der Waals surface area contributed by atoms with Gasteiger partial charge in [-0.05, 0) is 24.3 Å². The van der Waals surface area contributed by atoms with Crippen molar-refractivity contribution < 1.29 is 19.4 Å². The molecule has 3 aliphatic rings. The molecule has 1 aromatic carbocycles. The van der Waals surface area contributed by atoms with Crippen LogP contribution in [-0.4, -0.2) is 85.1 Å². The summed E-state index contributed by atoms with van der Waals surface area (Å²) in [6.07, 6.45) is 1.93.